The molecule has 0 aliphatic carbocycles. The molecule has 0 bridgehead atoms. The van der Waals surface area contributed by atoms with Gasteiger partial charge in [0.15, 0.2) is 0 Å². The summed E-state index contributed by atoms with van der Waals surface area (Å²) in [5.74, 6) is 0. The van der Waals surface area contributed by atoms with Gasteiger partial charge in [-0.2, -0.15) is 0 Å². The van der Waals surface area contributed by atoms with Crippen LogP contribution in [0, 0.1) is 12.3 Å². The van der Waals surface area contributed by atoms with E-state index in [2.05, 4.69) is 44.2 Å². The molecule has 0 aromatic heterocycles. The van der Waals surface area contributed by atoms with Crippen molar-refractivity contribution in [2.75, 3.05) is 0 Å². The van der Waals surface area contributed by atoms with Crippen LogP contribution in [0.3, 0.4) is 0 Å². The Kier molecular flexibility index (Phi) is 5.44. The van der Waals surface area contributed by atoms with Gasteiger partial charge in [-0.1, -0.05) is 0 Å². The van der Waals surface area contributed by atoms with Gasteiger partial charge in [-0.25, -0.2) is 0 Å². The fraction of sp³-hybridized carbons (Fsp3) is 0.579. The van der Waals surface area contributed by atoms with Crippen LogP contribution in [0.5, 0.6) is 0 Å². The average Bonchev–Trinajstić information content (AvgIpc) is 2.90. The van der Waals surface area contributed by atoms with Gasteiger partial charge in [0.25, 0.3) is 0 Å². The molecule has 3 nitrogen and oxygen atoms in total. The van der Waals surface area contributed by atoms with E-state index in [1.54, 1.807) is 0 Å². The van der Waals surface area contributed by atoms with Crippen molar-refractivity contribution in [1.29, 1.82) is 0 Å². The van der Waals surface area contributed by atoms with Crippen molar-refractivity contribution in [1.82, 2.24) is 0 Å². The Morgan fingerprint density at radius 3 is 2.04 bits per heavy atom. The number of rotatable bonds is 4. The zero-order chi connectivity index (χ0) is 19.4. The van der Waals surface area contributed by atoms with E-state index in [0.29, 0.717) is 0 Å². The molecule has 142 valence electrons. The van der Waals surface area contributed by atoms with E-state index in [4.69, 9.17) is 34.0 Å². The van der Waals surface area contributed by atoms with E-state index >= 15 is 0 Å². The van der Waals surface area contributed by atoms with E-state index in [9.17, 15) is 0 Å². The second-order valence-corrected chi connectivity index (χ2v) is 21.4. The molecule has 26 heavy (non-hydrogen) atoms. The van der Waals surface area contributed by atoms with Crippen LogP contribution in [0.25, 0.3) is 0 Å². The first-order valence-corrected chi connectivity index (χ1v) is 17.2. The third-order valence-corrected chi connectivity index (χ3v) is 12.4. The van der Waals surface area contributed by atoms with Gasteiger partial charge in [0, 0.05) is 0 Å². The second-order valence-electron chi connectivity index (χ2n) is 8.75. The van der Waals surface area contributed by atoms with Gasteiger partial charge in [0.2, 0.25) is 0 Å². The first kappa shape index (κ1) is 20.8. The predicted octanol–water partition coefficient (Wildman–Crippen LogP) is 5.68. The molecular formula is C19H27BCl2GeO3. The minimum atomic E-state index is -2.92. The van der Waals surface area contributed by atoms with Gasteiger partial charge >= 0.3 is 169 Å². The van der Waals surface area contributed by atoms with Crippen molar-refractivity contribution < 1.29 is 14.0 Å². The van der Waals surface area contributed by atoms with Crippen molar-refractivity contribution in [2.45, 2.75) is 64.1 Å². The Bertz CT molecular complexity index is 689. The van der Waals surface area contributed by atoms with E-state index < -0.39 is 29.9 Å². The van der Waals surface area contributed by atoms with Gasteiger partial charge in [-0.05, 0) is 0 Å². The summed E-state index contributed by atoms with van der Waals surface area (Å²) in [6, 6.07) is 8.38. The van der Waals surface area contributed by atoms with Gasteiger partial charge in [0.05, 0.1) is 0 Å². The predicted molar refractivity (Wildman–Crippen MR) is 111 cm³/mol. The normalized spacial score (nSPS) is 29.9. The zero-order valence-electron chi connectivity index (χ0n) is 16.3. The summed E-state index contributed by atoms with van der Waals surface area (Å²) in [5.41, 5.74) is 1.11. The molecular weight excluding hydrogens is 431 g/mol. The molecule has 2 aliphatic heterocycles. The van der Waals surface area contributed by atoms with Crippen LogP contribution in [0.1, 0.15) is 51.8 Å². The summed E-state index contributed by atoms with van der Waals surface area (Å²) < 4.78 is 18.6. The minimum absolute atomic E-state index is 0.251. The van der Waals surface area contributed by atoms with Crippen LogP contribution in [-0.4, -0.2) is 29.9 Å². The Morgan fingerprint density at radius 2 is 1.58 bits per heavy atom. The summed E-state index contributed by atoms with van der Waals surface area (Å²) in [6.45, 7) is 12.3. The number of aryl methyl sites for hydroxylation is 1. The molecule has 2 atom stereocenters. The van der Waals surface area contributed by atoms with Crippen molar-refractivity contribution in [3.63, 3.8) is 0 Å². The molecule has 1 aromatic rings. The third kappa shape index (κ3) is 4.06. The molecule has 0 amide bonds. The van der Waals surface area contributed by atoms with Gasteiger partial charge < -0.3 is 0 Å². The molecule has 1 aromatic carbocycles. The molecule has 0 spiro atoms. The Morgan fingerprint density at radius 1 is 1.04 bits per heavy atom. The van der Waals surface area contributed by atoms with Crippen molar-refractivity contribution in [3.05, 3.63) is 46.4 Å². The number of halogens is 2. The molecule has 2 aliphatic rings. The molecule has 0 N–H and O–H groups in total. The van der Waals surface area contributed by atoms with Gasteiger partial charge in [-0.3, -0.25) is 0 Å². The summed E-state index contributed by atoms with van der Waals surface area (Å²) in [5, 5.41) is 0.744. The Balaban J connectivity index is 1.90. The fourth-order valence-corrected chi connectivity index (χ4v) is 11.4. The molecule has 1 saturated heterocycles. The maximum atomic E-state index is 6.56. The second kappa shape index (κ2) is 6.82. The quantitative estimate of drug-likeness (QED) is 0.545. The Hall–Kier alpha value is 0.0278. The number of hydrogen-bond acceptors (Lipinski definition) is 3. The van der Waals surface area contributed by atoms with Gasteiger partial charge in [-0.15, -0.1) is 0 Å². The number of benzene rings is 1. The van der Waals surface area contributed by atoms with Crippen molar-refractivity contribution >= 4 is 38.7 Å². The van der Waals surface area contributed by atoms with Crippen LogP contribution < -0.4 is 0 Å². The summed E-state index contributed by atoms with van der Waals surface area (Å²) >= 11 is -2.92. The molecule has 0 radical (unpaired) electrons. The molecule has 1 fully saturated rings. The zero-order valence-corrected chi connectivity index (χ0v) is 19.9. The van der Waals surface area contributed by atoms with Crippen LogP contribution in [-0.2, 0) is 14.0 Å². The summed E-state index contributed by atoms with van der Waals surface area (Å²) in [6.07, 6.45) is 1.88. The van der Waals surface area contributed by atoms with Crippen LogP contribution in [0.4, 0.5) is 0 Å². The van der Waals surface area contributed by atoms with E-state index in [1.165, 1.54) is 5.56 Å². The SMILES string of the molecule is Cc1ccc([C@@H](OB2OC(C)(C)C(C)(C)O2)[C@@]2(C)C=[CH][Ge]([Cl])([Cl])[CH2]2)cc1. The van der Waals surface area contributed by atoms with Crippen LogP contribution in [0.2, 0.25) is 5.25 Å². The van der Waals surface area contributed by atoms with E-state index in [0.717, 1.165) is 10.8 Å². The monoisotopic (exact) mass is 458 g/mol. The maximum absolute atomic E-state index is 6.56. The first-order chi connectivity index (χ1) is 11.8. The molecule has 2 heterocycles. The topological polar surface area (TPSA) is 27.7 Å². The fourth-order valence-electron chi connectivity index (χ4n) is 3.43. The molecule has 7 heteroatoms. The molecule has 3 rings (SSSR count). The molecule has 0 saturated carbocycles. The third-order valence-electron chi connectivity index (χ3n) is 5.78. The first-order valence-electron chi connectivity index (χ1n) is 9.00. The van der Waals surface area contributed by atoms with Crippen LogP contribution in [0.15, 0.2) is 35.3 Å². The van der Waals surface area contributed by atoms with Gasteiger partial charge in [0.1, 0.15) is 0 Å². The van der Waals surface area contributed by atoms with Crippen LogP contribution >= 0.6 is 20.0 Å². The standard InChI is InChI=1S/C19H27BCl2GeO3/c1-14-7-9-15(10-8-14)16(19(6)11-12-23(21,22)13-19)24-20-25-17(2,3)18(4,5)26-20/h7-12,16H,13H2,1-6H3/t16-,19+/m1/s1. The Labute approximate surface area is 168 Å². The number of hydrogen-bond donors (Lipinski definition) is 0. The van der Waals surface area contributed by atoms with E-state index in [-0.39, 0.29) is 11.5 Å². The van der Waals surface area contributed by atoms with Crippen molar-refractivity contribution in [2.24, 2.45) is 5.41 Å². The summed E-state index contributed by atoms with van der Waals surface area (Å²) in [7, 11) is 12.4. The van der Waals surface area contributed by atoms with E-state index in [1.807, 2.05) is 32.6 Å². The van der Waals surface area contributed by atoms with Crippen molar-refractivity contribution in [3.8, 4) is 0 Å². The molecule has 0 unspecified atom stereocenters. The average molecular weight is 458 g/mol. The summed E-state index contributed by atoms with van der Waals surface area (Å²) in [4.78, 5) is 2.03.